The first-order valence-corrected chi connectivity index (χ1v) is 9.14. The molecule has 2 N–H and O–H groups in total. The molecule has 25 heavy (non-hydrogen) atoms. The average molecular weight is 358 g/mol. The summed E-state index contributed by atoms with van der Waals surface area (Å²) in [6.45, 7) is 1.69. The molecule has 2 amide bonds. The smallest absolute Gasteiger partial charge is 0.227 e. The van der Waals surface area contributed by atoms with E-state index in [2.05, 4.69) is 14.9 Å². The van der Waals surface area contributed by atoms with E-state index < -0.39 is 0 Å². The van der Waals surface area contributed by atoms with Gasteiger partial charge in [0.05, 0.1) is 18.2 Å². The molecule has 4 rings (SSSR count). The number of phenolic OH excluding ortho intramolecular Hbond substituents is 1. The van der Waals surface area contributed by atoms with Crippen LogP contribution in [0.1, 0.15) is 12.1 Å². The summed E-state index contributed by atoms with van der Waals surface area (Å²) in [6, 6.07) is 6.42. The lowest BCUT2D eigenvalue weighted by molar-refractivity contribution is -0.126. The fourth-order valence-corrected chi connectivity index (χ4v) is 4.10. The van der Waals surface area contributed by atoms with E-state index in [0.29, 0.717) is 18.8 Å². The van der Waals surface area contributed by atoms with Crippen LogP contribution in [0.4, 0.5) is 5.69 Å². The van der Waals surface area contributed by atoms with E-state index >= 15 is 0 Å². The molecular weight excluding hydrogens is 340 g/mol. The van der Waals surface area contributed by atoms with Gasteiger partial charge in [0, 0.05) is 37.1 Å². The van der Waals surface area contributed by atoms with E-state index in [4.69, 9.17) is 0 Å². The van der Waals surface area contributed by atoms with Crippen molar-refractivity contribution in [3.63, 3.8) is 0 Å². The van der Waals surface area contributed by atoms with E-state index in [-0.39, 0.29) is 29.9 Å². The maximum atomic E-state index is 12.4. The summed E-state index contributed by atoms with van der Waals surface area (Å²) in [5.41, 5.74) is 1.54. The molecule has 0 saturated carbocycles. The van der Waals surface area contributed by atoms with Crippen molar-refractivity contribution in [2.24, 2.45) is 5.92 Å². The minimum absolute atomic E-state index is 0.0804. The number of amides is 2. The lowest BCUT2D eigenvalue weighted by Crippen LogP contribution is -2.32. The van der Waals surface area contributed by atoms with Gasteiger partial charge in [0.2, 0.25) is 11.8 Å². The van der Waals surface area contributed by atoms with Gasteiger partial charge in [-0.15, -0.1) is 0 Å². The van der Waals surface area contributed by atoms with Crippen LogP contribution in [-0.2, 0) is 22.7 Å². The molecule has 2 aliphatic rings. The van der Waals surface area contributed by atoms with E-state index in [1.165, 1.54) is 12.1 Å². The Morgan fingerprint density at radius 3 is 2.92 bits per heavy atom. The molecule has 130 valence electrons. The molecule has 0 spiro atoms. The van der Waals surface area contributed by atoms with Crippen LogP contribution in [0.3, 0.4) is 0 Å². The average Bonchev–Trinajstić information content (AvgIpc) is 3.28. The minimum atomic E-state index is -0.370. The molecule has 0 unspecified atom stereocenters. The van der Waals surface area contributed by atoms with Gasteiger partial charge in [0.25, 0.3) is 0 Å². The highest BCUT2D eigenvalue weighted by molar-refractivity contribution is 7.99. The van der Waals surface area contributed by atoms with Gasteiger partial charge < -0.3 is 19.9 Å². The Labute approximate surface area is 149 Å². The fraction of sp³-hybridized carbons (Fsp3) is 0.353. The third-order valence-electron chi connectivity index (χ3n) is 4.45. The fourth-order valence-electron chi connectivity index (χ4n) is 3.13. The zero-order valence-corrected chi connectivity index (χ0v) is 14.3. The molecule has 1 atom stereocenters. The van der Waals surface area contributed by atoms with Crippen LogP contribution < -0.4 is 10.2 Å². The number of nitrogens with one attached hydrogen (secondary N) is 1. The van der Waals surface area contributed by atoms with Gasteiger partial charge in [-0.25, -0.2) is 4.98 Å². The third-order valence-corrected chi connectivity index (χ3v) is 5.42. The lowest BCUT2D eigenvalue weighted by atomic mass is 10.1. The minimum Gasteiger partial charge on any atom is -0.508 e. The number of aromatic hydroxyl groups is 1. The van der Waals surface area contributed by atoms with Crippen molar-refractivity contribution in [3.8, 4) is 5.75 Å². The lowest BCUT2D eigenvalue weighted by Gasteiger charge is -2.16. The summed E-state index contributed by atoms with van der Waals surface area (Å²) in [5.74, 6) is 0.616. The zero-order chi connectivity index (χ0) is 17.4. The van der Waals surface area contributed by atoms with Crippen LogP contribution in [-0.4, -0.2) is 38.8 Å². The monoisotopic (exact) mass is 358 g/mol. The Bertz CT molecular complexity index is 796. The largest absolute Gasteiger partial charge is 0.508 e. The van der Waals surface area contributed by atoms with E-state index in [9.17, 15) is 14.7 Å². The van der Waals surface area contributed by atoms with Crippen molar-refractivity contribution in [2.75, 3.05) is 17.2 Å². The topological polar surface area (TPSA) is 87.5 Å². The molecular formula is C17H18N4O3S. The van der Waals surface area contributed by atoms with Crippen molar-refractivity contribution < 1.29 is 14.7 Å². The van der Waals surface area contributed by atoms with Crippen LogP contribution in [0.25, 0.3) is 0 Å². The molecule has 0 bridgehead atoms. The second-order valence-electron chi connectivity index (χ2n) is 6.20. The van der Waals surface area contributed by atoms with Gasteiger partial charge in [-0.05, 0) is 24.3 Å². The first kappa shape index (κ1) is 16.0. The maximum absolute atomic E-state index is 12.4. The van der Waals surface area contributed by atoms with E-state index in [1.807, 2.05) is 6.20 Å². The number of imidazole rings is 1. The Morgan fingerprint density at radius 2 is 2.16 bits per heavy atom. The van der Waals surface area contributed by atoms with Gasteiger partial charge in [-0.2, -0.15) is 0 Å². The van der Waals surface area contributed by atoms with Crippen molar-refractivity contribution in [1.82, 2.24) is 14.9 Å². The van der Waals surface area contributed by atoms with E-state index in [0.717, 1.165) is 23.1 Å². The Hall–Kier alpha value is -2.48. The SMILES string of the molecule is O=C(NCc1cn2c(n1)SCC2)[C@H]1CC(=O)N(c2ccc(O)cc2)C1. The van der Waals surface area contributed by atoms with Crippen LogP contribution in [0, 0.1) is 5.92 Å². The molecule has 0 radical (unpaired) electrons. The molecule has 7 nitrogen and oxygen atoms in total. The number of phenols is 1. The first-order chi connectivity index (χ1) is 12.1. The molecule has 2 aliphatic heterocycles. The standard InChI is InChI=1S/C17H18N4O3S/c22-14-3-1-13(2-4-14)21-9-11(7-15(21)23)16(24)18-8-12-10-20-5-6-25-17(20)19-12/h1-4,10-11,22H,5-9H2,(H,18,24)/t11-/m0/s1. The van der Waals surface area contributed by atoms with Gasteiger partial charge in [-0.1, -0.05) is 11.8 Å². The number of hydrogen-bond acceptors (Lipinski definition) is 5. The predicted octanol–water partition coefficient (Wildman–Crippen LogP) is 1.36. The number of nitrogens with zero attached hydrogens (tertiary/aromatic N) is 3. The maximum Gasteiger partial charge on any atom is 0.227 e. The number of benzene rings is 1. The number of carbonyl (C=O) groups excluding carboxylic acids is 2. The summed E-state index contributed by atoms with van der Waals surface area (Å²) >= 11 is 1.72. The van der Waals surface area contributed by atoms with Crippen molar-refractivity contribution in [1.29, 1.82) is 0 Å². The van der Waals surface area contributed by atoms with Gasteiger partial charge in [0.15, 0.2) is 5.16 Å². The molecule has 1 aromatic carbocycles. The highest BCUT2D eigenvalue weighted by Crippen LogP contribution is 2.27. The molecule has 1 aromatic heterocycles. The highest BCUT2D eigenvalue weighted by atomic mass is 32.2. The summed E-state index contributed by atoms with van der Waals surface area (Å²) in [7, 11) is 0. The van der Waals surface area contributed by atoms with Crippen LogP contribution >= 0.6 is 11.8 Å². The number of aryl methyl sites for hydroxylation is 1. The van der Waals surface area contributed by atoms with Gasteiger partial charge in [-0.3, -0.25) is 9.59 Å². The van der Waals surface area contributed by atoms with Crippen molar-refractivity contribution in [2.45, 2.75) is 24.7 Å². The predicted molar refractivity (Wildman–Crippen MR) is 93.4 cm³/mol. The molecule has 1 saturated heterocycles. The molecule has 3 heterocycles. The number of thioether (sulfide) groups is 1. The van der Waals surface area contributed by atoms with Crippen molar-refractivity contribution in [3.05, 3.63) is 36.2 Å². The highest BCUT2D eigenvalue weighted by Gasteiger charge is 2.35. The number of hydrogen-bond donors (Lipinski definition) is 2. The number of anilines is 1. The van der Waals surface area contributed by atoms with Crippen LogP contribution in [0.5, 0.6) is 5.75 Å². The first-order valence-electron chi connectivity index (χ1n) is 8.16. The second-order valence-corrected chi connectivity index (χ2v) is 7.26. The molecule has 2 aromatic rings. The van der Waals surface area contributed by atoms with Crippen LogP contribution in [0.2, 0.25) is 0 Å². The zero-order valence-electron chi connectivity index (χ0n) is 13.5. The summed E-state index contributed by atoms with van der Waals surface area (Å²) in [6.07, 6.45) is 2.17. The number of carbonyl (C=O) groups is 2. The summed E-state index contributed by atoms with van der Waals surface area (Å²) in [5, 5.41) is 13.2. The number of aromatic nitrogens is 2. The van der Waals surface area contributed by atoms with Crippen molar-refractivity contribution >= 4 is 29.3 Å². The molecule has 0 aliphatic carbocycles. The molecule has 1 fully saturated rings. The normalized spacial score (nSPS) is 19.3. The Morgan fingerprint density at radius 1 is 1.36 bits per heavy atom. The summed E-state index contributed by atoms with van der Waals surface area (Å²) in [4.78, 5) is 30.7. The Balaban J connectivity index is 1.36. The number of fused-ring (bicyclic) bond motifs is 1. The summed E-state index contributed by atoms with van der Waals surface area (Å²) < 4.78 is 2.10. The van der Waals surface area contributed by atoms with Gasteiger partial charge >= 0.3 is 0 Å². The Kier molecular flexibility index (Phi) is 4.12. The van der Waals surface area contributed by atoms with E-state index in [1.54, 1.807) is 28.8 Å². The second kappa shape index (κ2) is 6.44. The number of rotatable bonds is 4. The molecule has 8 heteroatoms. The van der Waals surface area contributed by atoms with Gasteiger partial charge in [0.1, 0.15) is 5.75 Å². The van der Waals surface area contributed by atoms with Crippen LogP contribution in [0.15, 0.2) is 35.6 Å². The quantitative estimate of drug-likeness (QED) is 0.862. The third kappa shape index (κ3) is 3.21.